The molecule has 1 atom stereocenters. The molecule has 0 bridgehead atoms. The zero-order valence-corrected chi connectivity index (χ0v) is 12.6. The quantitative estimate of drug-likeness (QED) is 0.823. The minimum absolute atomic E-state index is 0.275. The second-order valence-corrected chi connectivity index (χ2v) is 7.12. The fourth-order valence-corrected chi connectivity index (χ4v) is 3.91. The van der Waals surface area contributed by atoms with Crippen LogP contribution >= 0.6 is 0 Å². The molecule has 0 saturated carbocycles. The van der Waals surface area contributed by atoms with Crippen molar-refractivity contribution in [2.75, 3.05) is 32.8 Å². The van der Waals surface area contributed by atoms with E-state index in [-0.39, 0.29) is 4.90 Å². The number of hydrogen-bond donors (Lipinski definition) is 1. The molecule has 0 radical (unpaired) electrons. The van der Waals surface area contributed by atoms with Gasteiger partial charge in [-0.3, -0.25) is 4.31 Å². The highest BCUT2D eigenvalue weighted by atomic mass is 32.2. The second kappa shape index (κ2) is 6.13. The van der Waals surface area contributed by atoms with E-state index in [1.807, 2.05) is 0 Å². The van der Waals surface area contributed by atoms with Gasteiger partial charge in [0.2, 0.25) is 0 Å². The lowest BCUT2D eigenvalue weighted by atomic mass is 10.1. The molecule has 1 aromatic carbocycles. The van der Waals surface area contributed by atoms with E-state index < -0.39 is 10.0 Å². The standard InChI is InChI=1S/C14H19N3O3S/c18-21(19)14-4-2-1-3-13(14)16-11-17(21)7-6-15-9-12-5-8-20-10-12/h1-4,11-12,15H,5-10H2. The van der Waals surface area contributed by atoms with Gasteiger partial charge in [0.1, 0.15) is 11.2 Å². The first kappa shape index (κ1) is 14.5. The molecule has 0 amide bonds. The van der Waals surface area contributed by atoms with Crippen molar-refractivity contribution in [1.82, 2.24) is 9.62 Å². The Morgan fingerprint density at radius 3 is 3.05 bits per heavy atom. The van der Waals surface area contributed by atoms with Crippen molar-refractivity contribution in [2.45, 2.75) is 11.3 Å². The van der Waals surface area contributed by atoms with Crippen LogP contribution in [0.4, 0.5) is 5.69 Å². The number of nitrogens with one attached hydrogen (secondary N) is 1. The summed E-state index contributed by atoms with van der Waals surface area (Å²) in [5.41, 5.74) is 0.504. The number of para-hydroxylation sites is 1. The largest absolute Gasteiger partial charge is 0.381 e. The highest BCUT2D eigenvalue weighted by Gasteiger charge is 2.27. The number of hydrogen-bond acceptors (Lipinski definition) is 5. The summed E-state index contributed by atoms with van der Waals surface area (Å²) in [5, 5.41) is 3.29. The molecule has 1 fully saturated rings. The highest BCUT2D eigenvalue weighted by molar-refractivity contribution is 7.89. The number of benzene rings is 1. The smallest absolute Gasteiger partial charge is 0.267 e. The second-order valence-electron chi connectivity index (χ2n) is 5.26. The maximum Gasteiger partial charge on any atom is 0.267 e. The Hall–Kier alpha value is -1.44. The maximum absolute atomic E-state index is 12.4. The Kier molecular flexibility index (Phi) is 4.23. The number of sulfonamides is 1. The molecule has 0 aliphatic carbocycles. The third-order valence-corrected chi connectivity index (χ3v) is 5.54. The van der Waals surface area contributed by atoms with Gasteiger partial charge in [0, 0.05) is 26.2 Å². The summed E-state index contributed by atoms with van der Waals surface area (Å²) in [6.07, 6.45) is 2.47. The molecule has 0 spiro atoms. The summed E-state index contributed by atoms with van der Waals surface area (Å²) in [6, 6.07) is 6.80. The summed E-state index contributed by atoms with van der Waals surface area (Å²) in [6.45, 7) is 3.47. The number of rotatable bonds is 5. The van der Waals surface area contributed by atoms with Crippen LogP contribution in [0.5, 0.6) is 0 Å². The molecule has 1 saturated heterocycles. The lowest BCUT2D eigenvalue weighted by Crippen LogP contribution is -2.38. The van der Waals surface area contributed by atoms with Crippen LogP contribution in [0.15, 0.2) is 34.2 Å². The van der Waals surface area contributed by atoms with Gasteiger partial charge >= 0.3 is 0 Å². The Morgan fingerprint density at radius 1 is 1.38 bits per heavy atom. The number of fused-ring (bicyclic) bond motifs is 1. The predicted octanol–water partition coefficient (Wildman–Crippen LogP) is 0.977. The molecule has 7 heteroatoms. The molecule has 6 nitrogen and oxygen atoms in total. The first-order valence-corrected chi connectivity index (χ1v) is 8.55. The topological polar surface area (TPSA) is 71.0 Å². The van der Waals surface area contributed by atoms with E-state index in [0.29, 0.717) is 24.7 Å². The zero-order valence-electron chi connectivity index (χ0n) is 11.7. The SMILES string of the molecule is O=S1(=O)c2ccccc2N=CN1CCNCC1CCOC1. The normalized spacial score (nSPS) is 23.2. The van der Waals surface area contributed by atoms with E-state index in [1.54, 1.807) is 24.3 Å². The van der Waals surface area contributed by atoms with Crippen LogP contribution in [0.2, 0.25) is 0 Å². The fraction of sp³-hybridized carbons (Fsp3) is 0.500. The molecule has 1 unspecified atom stereocenters. The van der Waals surface area contributed by atoms with Gasteiger partial charge in [-0.1, -0.05) is 12.1 Å². The number of nitrogens with zero attached hydrogens (tertiary/aromatic N) is 2. The third kappa shape index (κ3) is 3.09. The van der Waals surface area contributed by atoms with Crippen molar-refractivity contribution in [3.8, 4) is 0 Å². The van der Waals surface area contributed by atoms with Crippen LogP contribution < -0.4 is 5.32 Å². The van der Waals surface area contributed by atoms with Gasteiger partial charge in [-0.25, -0.2) is 13.4 Å². The molecule has 0 aromatic heterocycles. The van der Waals surface area contributed by atoms with Gasteiger partial charge in [0.05, 0.1) is 12.3 Å². The molecule has 2 aliphatic rings. The van der Waals surface area contributed by atoms with E-state index in [1.165, 1.54) is 10.6 Å². The first-order valence-electron chi connectivity index (χ1n) is 7.11. The lowest BCUT2D eigenvalue weighted by molar-refractivity contribution is 0.185. The fourth-order valence-electron chi connectivity index (χ4n) is 2.51. The van der Waals surface area contributed by atoms with Crippen LogP contribution in [0.3, 0.4) is 0 Å². The van der Waals surface area contributed by atoms with E-state index in [4.69, 9.17) is 4.74 Å². The van der Waals surface area contributed by atoms with Crippen LogP contribution in [-0.2, 0) is 14.8 Å². The molecule has 2 heterocycles. The Labute approximate surface area is 124 Å². The van der Waals surface area contributed by atoms with Gasteiger partial charge in [0.25, 0.3) is 10.0 Å². The molecule has 1 aromatic rings. The summed E-state index contributed by atoms with van der Waals surface area (Å²) in [4.78, 5) is 4.47. The Bertz CT molecular complexity index is 624. The summed E-state index contributed by atoms with van der Waals surface area (Å²) in [7, 11) is -3.46. The first-order chi connectivity index (χ1) is 10.2. The number of ether oxygens (including phenoxy) is 1. The van der Waals surface area contributed by atoms with E-state index in [2.05, 4.69) is 10.3 Å². The molecule has 21 heavy (non-hydrogen) atoms. The monoisotopic (exact) mass is 309 g/mol. The Balaban J connectivity index is 1.57. The molecule has 1 N–H and O–H groups in total. The lowest BCUT2D eigenvalue weighted by Gasteiger charge is -2.24. The number of aliphatic imine (C=N–C) groups is 1. The Morgan fingerprint density at radius 2 is 2.24 bits per heavy atom. The zero-order chi connectivity index (χ0) is 14.7. The van der Waals surface area contributed by atoms with Gasteiger partial charge in [0.15, 0.2) is 0 Å². The van der Waals surface area contributed by atoms with Gasteiger partial charge < -0.3 is 10.1 Å². The molecular formula is C14H19N3O3S. The van der Waals surface area contributed by atoms with Crippen molar-refractivity contribution in [2.24, 2.45) is 10.9 Å². The highest BCUT2D eigenvalue weighted by Crippen LogP contribution is 2.29. The average Bonchev–Trinajstić information content (AvgIpc) is 2.99. The van der Waals surface area contributed by atoms with Crippen LogP contribution in [0.1, 0.15) is 6.42 Å². The van der Waals surface area contributed by atoms with E-state index in [9.17, 15) is 8.42 Å². The summed E-state index contributed by atoms with van der Waals surface area (Å²) in [5.74, 6) is 0.539. The summed E-state index contributed by atoms with van der Waals surface area (Å²) < 4.78 is 31.5. The van der Waals surface area contributed by atoms with Gasteiger partial charge in [-0.05, 0) is 24.5 Å². The predicted molar refractivity (Wildman–Crippen MR) is 80.3 cm³/mol. The average molecular weight is 309 g/mol. The van der Waals surface area contributed by atoms with Crippen molar-refractivity contribution in [3.05, 3.63) is 24.3 Å². The minimum atomic E-state index is -3.46. The molecule has 3 rings (SSSR count). The van der Waals surface area contributed by atoms with Crippen molar-refractivity contribution >= 4 is 22.0 Å². The van der Waals surface area contributed by atoms with E-state index >= 15 is 0 Å². The van der Waals surface area contributed by atoms with Crippen molar-refractivity contribution in [1.29, 1.82) is 0 Å². The molecule has 2 aliphatic heterocycles. The van der Waals surface area contributed by atoms with Gasteiger partial charge in [-0.15, -0.1) is 0 Å². The van der Waals surface area contributed by atoms with Crippen molar-refractivity contribution < 1.29 is 13.2 Å². The maximum atomic E-state index is 12.4. The molecular weight excluding hydrogens is 290 g/mol. The van der Waals surface area contributed by atoms with Crippen molar-refractivity contribution in [3.63, 3.8) is 0 Å². The van der Waals surface area contributed by atoms with Crippen LogP contribution in [-0.4, -0.2) is 51.9 Å². The molecule has 114 valence electrons. The van der Waals surface area contributed by atoms with E-state index in [0.717, 1.165) is 26.2 Å². The van der Waals surface area contributed by atoms with Crippen LogP contribution in [0, 0.1) is 5.92 Å². The third-order valence-electron chi connectivity index (χ3n) is 3.74. The van der Waals surface area contributed by atoms with Crippen LogP contribution in [0.25, 0.3) is 0 Å². The van der Waals surface area contributed by atoms with Gasteiger partial charge in [-0.2, -0.15) is 0 Å². The summed E-state index contributed by atoms with van der Waals surface area (Å²) >= 11 is 0. The minimum Gasteiger partial charge on any atom is -0.381 e.